The van der Waals surface area contributed by atoms with Crippen LogP contribution >= 0.6 is 7.92 Å². The summed E-state index contributed by atoms with van der Waals surface area (Å²) >= 11 is 0. The number of ether oxygens (including phenoxy) is 1. The summed E-state index contributed by atoms with van der Waals surface area (Å²) in [6, 6.07) is 14.2. The molecule has 0 amide bonds. The van der Waals surface area contributed by atoms with Gasteiger partial charge in [0.05, 0.1) is 12.2 Å². The van der Waals surface area contributed by atoms with Gasteiger partial charge in [0, 0.05) is 0 Å². The van der Waals surface area contributed by atoms with Crippen molar-refractivity contribution in [1.29, 1.82) is 0 Å². The van der Waals surface area contributed by atoms with Crippen LogP contribution in [0.1, 0.15) is 36.1 Å². The minimum absolute atomic E-state index is 0.306. The third-order valence-electron chi connectivity index (χ3n) is 4.83. The van der Waals surface area contributed by atoms with Crippen LogP contribution in [0.15, 0.2) is 41.4 Å². The molecule has 3 heteroatoms. The predicted molar refractivity (Wildman–Crippen MR) is 115 cm³/mol. The van der Waals surface area contributed by atoms with Crippen LogP contribution < -0.4 is 10.6 Å². The summed E-state index contributed by atoms with van der Waals surface area (Å²) in [4.78, 5) is 4.88. The van der Waals surface area contributed by atoms with E-state index in [0.29, 0.717) is 12.0 Å². The van der Waals surface area contributed by atoms with Gasteiger partial charge in [-0.2, -0.15) is 0 Å². The molecule has 2 aromatic rings. The van der Waals surface area contributed by atoms with Gasteiger partial charge in [0.1, 0.15) is 6.61 Å². The minimum Gasteiger partial charge on any atom is -0.478 e. The van der Waals surface area contributed by atoms with Gasteiger partial charge in [-0.25, -0.2) is 4.99 Å². The Balaban J connectivity index is 2.00. The van der Waals surface area contributed by atoms with E-state index in [-0.39, 0.29) is 0 Å². The highest BCUT2D eigenvalue weighted by molar-refractivity contribution is 7.73. The molecule has 138 valence electrons. The van der Waals surface area contributed by atoms with Crippen molar-refractivity contribution in [3.05, 3.63) is 58.7 Å². The molecule has 0 fully saturated rings. The molecule has 0 radical (unpaired) electrons. The second-order valence-electron chi connectivity index (χ2n) is 7.92. The third kappa shape index (κ3) is 4.54. The zero-order valence-electron chi connectivity index (χ0n) is 16.8. The first-order valence-electron chi connectivity index (χ1n) is 9.45. The van der Waals surface area contributed by atoms with Crippen LogP contribution in [0.4, 0.5) is 0 Å². The summed E-state index contributed by atoms with van der Waals surface area (Å²) in [6.07, 6.45) is 0.893. The monoisotopic (exact) mass is 367 g/mol. The fraction of sp³-hybridized carbons (Fsp3) is 0.435. The fourth-order valence-electron chi connectivity index (χ4n) is 3.55. The SMILES string of the molecule is Cc1cc(C)cc(P(CC2=N[C@@H](C(C)C)CO2)c2cc(C)cc(C)c2)c1. The molecule has 0 saturated carbocycles. The Morgan fingerprint density at radius 2 is 1.35 bits per heavy atom. The van der Waals surface area contributed by atoms with Crippen molar-refractivity contribution in [1.82, 2.24) is 0 Å². The van der Waals surface area contributed by atoms with E-state index in [9.17, 15) is 0 Å². The Hall–Kier alpha value is -1.66. The molecule has 1 aliphatic rings. The van der Waals surface area contributed by atoms with Crippen molar-refractivity contribution in [2.45, 2.75) is 47.6 Å². The van der Waals surface area contributed by atoms with Crippen LogP contribution in [0.25, 0.3) is 0 Å². The number of aryl methyl sites for hydroxylation is 4. The van der Waals surface area contributed by atoms with Crippen LogP contribution in [-0.2, 0) is 4.74 Å². The predicted octanol–water partition coefficient (Wildman–Crippen LogP) is 4.81. The summed E-state index contributed by atoms with van der Waals surface area (Å²) in [5.41, 5.74) is 5.30. The number of benzene rings is 2. The van der Waals surface area contributed by atoms with Gasteiger partial charge in [-0.1, -0.05) is 72.5 Å². The maximum absolute atomic E-state index is 5.99. The highest BCUT2D eigenvalue weighted by Gasteiger charge is 2.25. The van der Waals surface area contributed by atoms with E-state index in [2.05, 4.69) is 77.9 Å². The Morgan fingerprint density at radius 1 is 0.885 bits per heavy atom. The number of hydrogen-bond acceptors (Lipinski definition) is 2. The summed E-state index contributed by atoms with van der Waals surface area (Å²) in [5, 5.41) is 2.84. The smallest absolute Gasteiger partial charge is 0.188 e. The van der Waals surface area contributed by atoms with Gasteiger partial charge in [0.2, 0.25) is 0 Å². The molecule has 0 aliphatic carbocycles. The third-order valence-corrected chi connectivity index (χ3v) is 7.18. The molecule has 0 saturated heterocycles. The lowest BCUT2D eigenvalue weighted by Gasteiger charge is -2.20. The van der Waals surface area contributed by atoms with Gasteiger partial charge in [-0.05, 0) is 52.1 Å². The highest BCUT2D eigenvalue weighted by atomic mass is 31.1. The Labute approximate surface area is 159 Å². The molecule has 2 nitrogen and oxygen atoms in total. The maximum Gasteiger partial charge on any atom is 0.188 e. The van der Waals surface area contributed by atoms with Gasteiger partial charge >= 0.3 is 0 Å². The van der Waals surface area contributed by atoms with Crippen LogP contribution in [-0.4, -0.2) is 24.7 Å². The van der Waals surface area contributed by atoms with Gasteiger partial charge in [-0.15, -0.1) is 0 Å². The lowest BCUT2D eigenvalue weighted by molar-refractivity contribution is 0.290. The molecule has 0 spiro atoms. The number of nitrogens with zero attached hydrogens (tertiary/aromatic N) is 1. The molecule has 3 rings (SSSR count). The van der Waals surface area contributed by atoms with Crippen molar-refractivity contribution in [2.24, 2.45) is 10.9 Å². The second-order valence-corrected chi connectivity index (χ2v) is 10.1. The second kappa shape index (κ2) is 7.92. The lowest BCUT2D eigenvalue weighted by atomic mass is 10.1. The van der Waals surface area contributed by atoms with Gasteiger partial charge < -0.3 is 4.74 Å². The summed E-state index contributed by atoms with van der Waals surface area (Å²) in [5.74, 6) is 1.47. The van der Waals surface area contributed by atoms with E-state index in [4.69, 9.17) is 9.73 Å². The largest absolute Gasteiger partial charge is 0.478 e. The Kier molecular flexibility index (Phi) is 5.82. The first-order valence-corrected chi connectivity index (χ1v) is 11.0. The normalized spacial score (nSPS) is 16.9. The van der Waals surface area contributed by atoms with Gasteiger partial charge in [-0.3, -0.25) is 0 Å². The van der Waals surface area contributed by atoms with E-state index in [0.717, 1.165) is 18.7 Å². The summed E-state index contributed by atoms with van der Waals surface area (Å²) < 4.78 is 5.99. The van der Waals surface area contributed by atoms with Gasteiger partial charge in [0.15, 0.2) is 5.90 Å². The van der Waals surface area contributed by atoms with E-state index >= 15 is 0 Å². The van der Waals surface area contributed by atoms with Crippen molar-refractivity contribution < 1.29 is 4.74 Å². The molecule has 0 bridgehead atoms. The van der Waals surface area contributed by atoms with Crippen molar-refractivity contribution in [3.8, 4) is 0 Å². The summed E-state index contributed by atoms with van der Waals surface area (Å²) in [6.45, 7) is 13.9. The van der Waals surface area contributed by atoms with E-state index in [1.165, 1.54) is 32.9 Å². The molecule has 0 unspecified atom stereocenters. The van der Waals surface area contributed by atoms with Crippen molar-refractivity contribution in [2.75, 3.05) is 12.8 Å². The minimum atomic E-state index is -0.521. The summed E-state index contributed by atoms with van der Waals surface area (Å²) in [7, 11) is -0.521. The van der Waals surface area contributed by atoms with E-state index in [1.807, 2.05) is 0 Å². The average molecular weight is 367 g/mol. The van der Waals surface area contributed by atoms with Crippen LogP contribution in [0.3, 0.4) is 0 Å². The quantitative estimate of drug-likeness (QED) is 0.695. The molecule has 2 aromatic carbocycles. The molecule has 1 heterocycles. The molecule has 0 N–H and O–H groups in total. The Bertz CT molecular complexity index is 733. The number of hydrogen-bond donors (Lipinski definition) is 0. The molecule has 1 atom stereocenters. The molecule has 26 heavy (non-hydrogen) atoms. The zero-order valence-corrected chi connectivity index (χ0v) is 17.7. The molecular formula is C23H30NOP. The zero-order chi connectivity index (χ0) is 18.8. The van der Waals surface area contributed by atoms with Crippen molar-refractivity contribution in [3.63, 3.8) is 0 Å². The van der Waals surface area contributed by atoms with E-state index < -0.39 is 7.92 Å². The molecular weight excluding hydrogens is 337 g/mol. The van der Waals surface area contributed by atoms with Crippen LogP contribution in [0.5, 0.6) is 0 Å². The maximum atomic E-state index is 5.99. The molecule has 1 aliphatic heterocycles. The number of rotatable bonds is 5. The van der Waals surface area contributed by atoms with Crippen LogP contribution in [0, 0.1) is 33.6 Å². The standard InChI is InChI=1S/C23H30NOP/c1-15(2)22-13-25-23(24-22)14-26(20-9-16(3)7-17(4)10-20)21-11-18(5)8-19(6)12-21/h7-12,15,22H,13-14H2,1-6H3/t22-/m1/s1. The van der Waals surface area contributed by atoms with Crippen LogP contribution in [0.2, 0.25) is 0 Å². The number of aliphatic imine (C=N–C) groups is 1. The van der Waals surface area contributed by atoms with E-state index in [1.54, 1.807) is 0 Å². The van der Waals surface area contributed by atoms with Gasteiger partial charge in [0.25, 0.3) is 0 Å². The topological polar surface area (TPSA) is 21.6 Å². The molecule has 0 aromatic heterocycles. The first-order chi connectivity index (χ1) is 12.3. The highest BCUT2D eigenvalue weighted by Crippen LogP contribution is 2.36. The Morgan fingerprint density at radius 3 is 1.73 bits per heavy atom. The lowest BCUT2D eigenvalue weighted by Crippen LogP contribution is -2.20. The average Bonchev–Trinajstić information content (AvgIpc) is 2.99. The van der Waals surface area contributed by atoms with Crippen molar-refractivity contribution >= 4 is 24.4 Å². The first kappa shape index (κ1) is 19.1. The fourth-order valence-corrected chi connectivity index (χ4v) is 6.09.